The number of esters is 1. The minimum Gasteiger partial charge on any atom is -0.493 e. The lowest BCUT2D eigenvalue weighted by molar-refractivity contribution is -0.138. The molecule has 184 valence electrons. The van der Waals surface area contributed by atoms with Crippen molar-refractivity contribution in [3.8, 4) is 11.5 Å². The molecule has 0 spiro atoms. The van der Waals surface area contributed by atoms with Crippen LogP contribution in [-0.2, 0) is 14.3 Å². The van der Waals surface area contributed by atoms with Crippen LogP contribution in [0.2, 0.25) is 5.02 Å². The predicted molar refractivity (Wildman–Crippen MR) is 130 cm³/mol. The van der Waals surface area contributed by atoms with Gasteiger partial charge in [-0.15, -0.1) is 0 Å². The first-order valence-electron chi connectivity index (χ1n) is 11.4. The second kappa shape index (κ2) is 10.1. The molecule has 1 N–H and O–H groups in total. The fraction of sp³-hybridized carbons (Fsp3) is 0.333. The number of carbonyl (C=O) groups is 2. The second-order valence-electron chi connectivity index (χ2n) is 8.49. The van der Waals surface area contributed by atoms with Gasteiger partial charge in [0.2, 0.25) is 0 Å². The van der Waals surface area contributed by atoms with Crippen LogP contribution in [0.25, 0.3) is 0 Å². The molecule has 0 amide bonds. The molecule has 1 aliphatic carbocycles. The molecule has 2 aromatic carbocycles. The zero-order valence-corrected chi connectivity index (χ0v) is 20.8. The average molecular weight is 500 g/mol. The summed E-state index contributed by atoms with van der Waals surface area (Å²) in [4.78, 5) is 26.6. The van der Waals surface area contributed by atoms with E-state index < -0.39 is 17.7 Å². The number of Topliss-reactive ketones (excluding diaryl/α,β-unsaturated/α-hetero) is 1. The quantitative estimate of drug-likeness (QED) is 0.535. The molecule has 0 fully saturated rings. The Morgan fingerprint density at radius 3 is 2.54 bits per heavy atom. The SMILES string of the molecule is CCOC(=O)C1=C(C)NC2=C(C(=O)C[C@H](c3ccc(OC)c(OC)c3)C2)[C@@H]1c1c(F)cccc1Cl. The van der Waals surface area contributed by atoms with Crippen molar-refractivity contribution in [3.05, 3.63) is 80.9 Å². The van der Waals surface area contributed by atoms with E-state index in [4.69, 9.17) is 25.8 Å². The van der Waals surface area contributed by atoms with E-state index in [0.29, 0.717) is 34.9 Å². The van der Waals surface area contributed by atoms with Crippen LogP contribution in [0, 0.1) is 5.82 Å². The van der Waals surface area contributed by atoms with E-state index in [1.54, 1.807) is 34.1 Å². The molecule has 2 atom stereocenters. The average Bonchev–Trinajstić information content (AvgIpc) is 2.83. The maximum Gasteiger partial charge on any atom is 0.336 e. The van der Waals surface area contributed by atoms with Crippen LogP contribution in [0.1, 0.15) is 49.7 Å². The highest BCUT2D eigenvalue weighted by atomic mass is 35.5. The van der Waals surface area contributed by atoms with Crippen LogP contribution in [0.3, 0.4) is 0 Å². The molecule has 0 unspecified atom stereocenters. The van der Waals surface area contributed by atoms with Crippen molar-refractivity contribution in [2.24, 2.45) is 0 Å². The van der Waals surface area contributed by atoms with Gasteiger partial charge in [0, 0.05) is 34.0 Å². The summed E-state index contributed by atoms with van der Waals surface area (Å²) in [5, 5.41) is 3.39. The summed E-state index contributed by atoms with van der Waals surface area (Å²) in [7, 11) is 3.12. The third kappa shape index (κ3) is 4.52. The molecule has 1 aliphatic heterocycles. The van der Waals surface area contributed by atoms with E-state index in [0.717, 1.165) is 5.56 Å². The number of dihydropyridines is 1. The van der Waals surface area contributed by atoms with Gasteiger partial charge in [0.15, 0.2) is 17.3 Å². The van der Waals surface area contributed by atoms with Gasteiger partial charge in [-0.2, -0.15) is 0 Å². The minimum absolute atomic E-state index is 0.100. The van der Waals surface area contributed by atoms with Gasteiger partial charge >= 0.3 is 5.97 Å². The van der Waals surface area contributed by atoms with Gasteiger partial charge in [0.1, 0.15) is 5.82 Å². The fourth-order valence-corrected chi connectivity index (χ4v) is 5.21. The number of ether oxygens (including phenoxy) is 3. The number of allylic oxidation sites excluding steroid dienone is 3. The Morgan fingerprint density at radius 1 is 1.14 bits per heavy atom. The summed E-state index contributed by atoms with van der Waals surface area (Å²) < 4.78 is 31.2. The lowest BCUT2D eigenvalue weighted by atomic mass is 9.71. The first kappa shape index (κ1) is 24.8. The highest BCUT2D eigenvalue weighted by Gasteiger charge is 2.43. The molecular formula is C27H27ClFNO5. The number of methoxy groups -OCH3 is 2. The number of rotatable bonds is 6. The number of halogens is 2. The largest absolute Gasteiger partial charge is 0.493 e. The summed E-state index contributed by atoms with van der Waals surface area (Å²) in [6, 6.07) is 9.91. The zero-order chi connectivity index (χ0) is 25.3. The Hall–Kier alpha value is -3.32. The fourth-order valence-electron chi connectivity index (χ4n) is 4.94. The maximum atomic E-state index is 15.1. The maximum absolute atomic E-state index is 15.1. The number of carbonyl (C=O) groups excluding carboxylic acids is 2. The molecule has 0 radical (unpaired) electrons. The Balaban J connectivity index is 1.82. The lowest BCUT2D eigenvalue weighted by Crippen LogP contribution is -2.36. The Bertz CT molecular complexity index is 1230. The normalized spacial score (nSPS) is 19.8. The smallest absolute Gasteiger partial charge is 0.336 e. The van der Waals surface area contributed by atoms with E-state index in [9.17, 15) is 9.59 Å². The molecule has 8 heteroatoms. The van der Waals surface area contributed by atoms with Gasteiger partial charge in [-0.05, 0) is 56.0 Å². The molecule has 6 nitrogen and oxygen atoms in total. The van der Waals surface area contributed by atoms with Gasteiger partial charge in [0.05, 0.1) is 32.3 Å². The van der Waals surface area contributed by atoms with E-state index in [-0.39, 0.29) is 40.9 Å². The van der Waals surface area contributed by atoms with Gasteiger partial charge in [-0.1, -0.05) is 23.7 Å². The van der Waals surface area contributed by atoms with Crippen molar-refractivity contribution in [2.45, 2.75) is 38.5 Å². The van der Waals surface area contributed by atoms with Crippen LogP contribution >= 0.6 is 11.6 Å². The molecule has 0 bridgehead atoms. The van der Waals surface area contributed by atoms with E-state index in [1.807, 2.05) is 18.2 Å². The van der Waals surface area contributed by atoms with Crippen LogP contribution in [0.15, 0.2) is 58.9 Å². The van der Waals surface area contributed by atoms with Gasteiger partial charge in [0.25, 0.3) is 0 Å². The number of ketones is 1. The molecule has 0 saturated carbocycles. The number of nitrogens with one attached hydrogen (secondary N) is 1. The first-order chi connectivity index (χ1) is 16.8. The predicted octanol–water partition coefficient (Wildman–Crippen LogP) is 5.42. The third-order valence-corrected chi connectivity index (χ3v) is 6.82. The van der Waals surface area contributed by atoms with E-state index in [1.165, 1.54) is 12.1 Å². The summed E-state index contributed by atoms with van der Waals surface area (Å²) in [6.07, 6.45) is 0.681. The van der Waals surface area contributed by atoms with Crippen molar-refractivity contribution in [2.75, 3.05) is 20.8 Å². The highest BCUT2D eigenvalue weighted by Crippen LogP contribution is 2.48. The van der Waals surface area contributed by atoms with Crippen LogP contribution in [0.4, 0.5) is 4.39 Å². The third-order valence-electron chi connectivity index (χ3n) is 6.49. The van der Waals surface area contributed by atoms with E-state index >= 15 is 4.39 Å². The zero-order valence-electron chi connectivity index (χ0n) is 20.0. The lowest BCUT2D eigenvalue weighted by Gasteiger charge is -2.37. The second-order valence-corrected chi connectivity index (χ2v) is 8.89. The highest BCUT2D eigenvalue weighted by molar-refractivity contribution is 6.31. The van der Waals surface area contributed by atoms with Crippen molar-refractivity contribution in [3.63, 3.8) is 0 Å². The molecule has 1 heterocycles. The van der Waals surface area contributed by atoms with Gasteiger partial charge in [-0.25, -0.2) is 9.18 Å². The van der Waals surface area contributed by atoms with Gasteiger partial charge < -0.3 is 19.5 Å². The Labute approximate surface area is 208 Å². The summed E-state index contributed by atoms with van der Waals surface area (Å²) in [6.45, 7) is 3.57. The van der Waals surface area contributed by atoms with Crippen molar-refractivity contribution >= 4 is 23.4 Å². The Morgan fingerprint density at radius 2 is 1.89 bits per heavy atom. The number of hydrogen-bond acceptors (Lipinski definition) is 6. The molecule has 4 rings (SSSR count). The summed E-state index contributed by atoms with van der Waals surface area (Å²) in [5.74, 6) is -1.30. The van der Waals surface area contributed by atoms with Crippen LogP contribution < -0.4 is 14.8 Å². The molecule has 2 aliphatic rings. The Kier molecular flexibility index (Phi) is 7.17. The molecule has 2 aromatic rings. The molecule has 0 aromatic heterocycles. The number of hydrogen-bond donors (Lipinski definition) is 1. The van der Waals surface area contributed by atoms with Crippen molar-refractivity contribution < 1.29 is 28.2 Å². The van der Waals surface area contributed by atoms with Crippen molar-refractivity contribution in [1.29, 1.82) is 0 Å². The van der Waals surface area contributed by atoms with Crippen LogP contribution in [-0.4, -0.2) is 32.6 Å². The van der Waals surface area contributed by atoms with Crippen LogP contribution in [0.5, 0.6) is 11.5 Å². The molecule has 0 saturated heterocycles. The molecular weight excluding hydrogens is 473 g/mol. The molecule has 35 heavy (non-hydrogen) atoms. The summed E-state index contributed by atoms with van der Waals surface area (Å²) >= 11 is 6.43. The van der Waals surface area contributed by atoms with Crippen molar-refractivity contribution in [1.82, 2.24) is 5.32 Å². The number of benzene rings is 2. The minimum atomic E-state index is -0.960. The first-order valence-corrected chi connectivity index (χ1v) is 11.7. The monoisotopic (exact) mass is 499 g/mol. The summed E-state index contributed by atoms with van der Waals surface area (Å²) in [5.41, 5.74) is 2.72. The topological polar surface area (TPSA) is 73.9 Å². The standard InChI is InChI=1S/C27H27ClFNO5/c1-5-35-27(32)23-14(2)30-19-11-16(15-9-10-21(33-3)22(13-15)34-4)12-20(31)25(19)26(23)24-17(28)7-6-8-18(24)29/h6-10,13,16,26,30H,5,11-12H2,1-4H3/t16-,26+/m1/s1. The van der Waals surface area contributed by atoms with Gasteiger partial charge in [-0.3, -0.25) is 4.79 Å². The van der Waals surface area contributed by atoms with E-state index in [2.05, 4.69) is 5.32 Å².